The third-order valence-corrected chi connectivity index (χ3v) is 3.25. The number of aromatic nitrogens is 1. The fraction of sp³-hybridized carbons (Fsp3) is 0.154. The van der Waals surface area contributed by atoms with E-state index < -0.39 is 6.04 Å². The molecule has 0 aliphatic carbocycles. The standard InChI is InChI=1S/C13H13BrFN3/c1-7-2-3-18-13(17)11(7)12(16)8-4-9(14)6-10(15)5-8/h2-6,12H,16H2,1H3,(H2,17,18). The van der Waals surface area contributed by atoms with Gasteiger partial charge < -0.3 is 11.5 Å². The number of hydrogen-bond acceptors (Lipinski definition) is 3. The average Bonchev–Trinajstić information content (AvgIpc) is 2.27. The molecule has 94 valence electrons. The molecule has 0 aliphatic rings. The normalized spacial score (nSPS) is 12.4. The van der Waals surface area contributed by atoms with Gasteiger partial charge >= 0.3 is 0 Å². The highest BCUT2D eigenvalue weighted by molar-refractivity contribution is 9.10. The van der Waals surface area contributed by atoms with Gasteiger partial charge in [-0.2, -0.15) is 0 Å². The third-order valence-electron chi connectivity index (χ3n) is 2.79. The van der Waals surface area contributed by atoms with Crippen molar-refractivity contribution in [3.8, 4) is 0 Å². The number of nitrogen functional groups attached to an aromatic ring is 1. The number of nitrogens with zero attached hydrogens (tertiary/aromatic N) is 1. The zero-order valence-electron chi connectivity index (χ0n) is 9.82. The SMILES string of the molecule is Cc1ccnc(N)c1C(N)c1cc(F)cc(Br)c1. The van der Waals surface area contributed by atoms with Crippen LogP contribution in [0, 0.1) is 12.7 Å². The van der Waals surface area contributed by atoms with E-state index in [1.165, 1.54) is 12.1 Å². The molecule has 0 aliphatic heterocycles. The van der Waals surface area contributed by atoms with E-state index in [0.717, 1.165) is 11.1 Å². The van der Waals surface area contributed by atoms with Gasteiger partial charge in [-0.1, -0.05) is 15.9 Å². The van der Waals surface area contributed by atoms with Crippen LogP contribution in [-0.2, 0) is 0 Å². The smallest absolute Gasteiger partial charge is 0.128 e. The molecule has 3 nitrogen and oxygen atoms in total. The minimum atomic E-state index is -0.495. The quantitative estimate of drug-likeness (QED) is 0.896. The second-order valence-corrected chi connectivity index (χ2v) is 5.02. The molecule has 0 saturated heterocycles. The van der Waals surface area contributed by atoms with Gasteiger partial charge in [-0.3, -0.25) is 0 Å². The fourth-order valence-corrected chi connectivity index (χ4v) is 2.40. The molecular weight excluding hydrogens is 297 g/mol. The number of benzene rings is 1. The van der Waals surface area contributed by atoms with Crippen molar-refractivity contribution in [3.05, 3.63) is 57.4 Å². The lowest BCUT2D eigenvalue weighted by atomic mass is 9.96. The Kier molecular flexibility index (Phi) is 3.63. The number of nitrogens with two attached hydrogens (primary N) is 2. The Labute approximate surface area is 113 Å². The van der Waals surface area contributed by atoms with Gasteiger partial charge in [0.15, 0.2) is 0 Å². The number of aryl methyl sites for hydroxylation is 1. The summed E-state index contributed by atoms with van der Waals surface area (Å²) in [6.07, 6.45) is 1.63. The van der Waals surface area contributed by atoms with Crippen molar-refractivity contribution in [3.63, 3.8) is 0 Å². The van der Waals surface area contributed by atoms with E-state index in [-0.39, 0.29) is 5.82 Å². The van der Waals surface area contributed by atoms with Crippen LogP contribution in [0.2, 0.25) is 0 Å². The molecule has 0 bridgehead atoms. The van der Waals surface area contributed by atoms with Crippen LogP contribution < -0.4 is 11.5 Å². The molecule has 0 amide bonds. The van der Waals surface area contributed by atoms with Crippen LogP contribution in [0.4, 0.5) is 10.2 Å². The van der Waals surface area contributed by atoms with Crippen molar-refractivity contribution in [2.24, 2.45) is 5.73 Å². The summed E-state index contributed by atoms with van der Waals surface area (Å²) < 4.78 is 14.0. The summed E-state index contributed by atoms with van der Waals surface area (Å²) in [6, 6.07) is 5.90. The summed E-state index contributed by atoms with van der Waals surface area (Å²) >= 11 is 3.25. The first-order chi connectivity index (χ1) is 8.49. The van der Waals surface area contributed by atoms with Gasteiger partial charge in [0.1, 0.15) is 11.6 Å². The second-order valence-electron chi connectivity index (χ2n) is 4.11. The molecule has 2 aromatic rings. The first kappa shape index (κ1) is 13.0. The minimum Gasteiger partial charge on any atom is -0.383 e. The highest BCUT2D eigenvalue weighted by atomic mass is 79.9. The van der Waals surface area contributed by atoms with Crippen LogP contribution in [0.3, 0.4) is 0 Å². The number of halogens is 2. The topological polar surface area (TPSA) is 64.9 Å². The van der Waals surface area contributed by atoms with Crippen LogP contribution in [0.1, 0.15) is 22.7 Å². The number of rotatable bonds is 2. The van der Waals surface area contributed by atoms with Crippen molar-refractivity contribution in [2.75, 3.05) is 5.73 Å². The first-order valence-corrected chi connectivity index (χ1v) is 6.21. The highest BCUT2D eigenvalue weighted by Crippen LogP contribution is 2.28. The summed E-state index contributed by atoms with van der Waals surface area (Å²) in [6.45, 7) is 1.90. The molecular formula is C13H13BrFN3. The van der Waals surface area contributed by atoms with Gasteiger partial charge in [0, 0.05) is 16.2 Å². The Balaban J connectivity index is 2.51. The van der Waals surface area contributed by atoms with Gasteiger partial charge in [0.2, 0.25) is 0 Å². The second kappa shape index (κ2) is 5.04. The summed E-state index contributed by atoms with van der Waals surface area (Å²) in [7, 11) is 0. The predicted octanol–water partition coefficient (Wildman–Crippen LogP) is 2.92. The van der Waals surface area contributed by atoms with Crippen molar-refractivity contribution < 1.29 is 4.39 Å². The maximum absolute atomic E-state index is 13.4. The van der Waals surface area contributed by atoms with E-state index in [0.29, 0.717) is 15.9 Å². The van der Waals surface area contributed by atoms with Crippen LogP contribution >= 0.6 is 15.9 Å². The van der Waals surface area contributed by atoms with E-state index in [4.69, 9.17) is 11.5 Å². The molecule has 0 saturated carbocycles. The van der Waals surface area contributed by atoms with Crippen molar-refractivity contribution in [2.45, 2.75) is 13.0 Å². The molecule has 1 unspecified atom stereocenters. The van der Waals surface area contributed by atoms with Crippen LogP contribution in [0.5, 0.6) is 0 Å². The van der Waals surface area contributed by atoms with Crippen molar-refractivity contribution in [1.29, 1.82) is 0 Å². The molecule has 0 fully saturated rings. The number of pyridine rings is 1. The number of hydrogen-bond donors (Lipinski definition) is 2. The van der Waals surface area contributed by atoms with E-state index >= 15 is 0 Å². The zero-order chi connectivity index (χ0) is 13.3. The lowest BCUT2D eigenvalue weighted by Crippen LogP contribution is -2.16. The molecule has 0 radical (unpaired) electrons. The lowest BCUT2D eigenvalue weighted by molar-refractivity contribution is 0.622. The maximum Gasteiger partial charge on any atom is 0.128 e. The molecule has 1 aromatic heterocycles. The summed E-state index contributed by atoms with van der Waals surface area (Å²) in [4.78, 5) is 4.02. The largest absolute Gasteiger partial charge is 0.383 e. The molecule has 5 heteroatoms. The molecule has 18 heavy (non-hydrogen) atoms. The Morgan fingerprint density at radius 3 is 2.67 bits per heavy atom. The van der Waals surface area contributed by atoms with Gasteiger partial charge in [-0.05, 0) is 42.3 Å². The molecule has 2 rings (SSSR count). The van der Waals surface area contributed by atoms with E-state index in [1.54, 1.807) is 12.3 Å². The third kappa shape index (κ3) is 2.52. The number of anilines is 1. The summed E-state index contributed by atoms with van der Waals surface area (Å²) in [5, 5.41) is 0. The predicted molar refractivity (Wildman–Crippen MR) is 73.5 cm³/mol. The van der Waals surface area contributed by atoms with E-state index in [9.17, 15) is 4.39 Å². The van der Waals surface area contributed by atoms with Crippen molar-refractivity contribution >= 4 is 21.7 Å². The van der Waals surface area contributed by atoms with Gasteiger partial charge in [-0.25, -0.2) is 9.37 Å². The zero-order valence-corrected chi connectivity index (χ0v) is 11.4. The Bertz CT molecular complexity index is 546. The Morgan fingerprint density at radius 2 is 2.06 bits per heavy atom. The van der Waals surface area contributed by atoms with Crippen LogP contribution in [0.25, 0.3) is 0 Å². The Hall–Kier alpha value is -1.46. The van der Waals surface area contributed by atoms with Crippen LogP contribution in [0.15, 0.2) is 34.9 Å². The first-order valence-electron chi connectivity index (χ1n) is 5.41. The van der Waals surface area contributed by atoms with Crippen molar-refractivity contribution in [1.82, 2.24) is 4.98 Å². The monoisotopic (exact) mass is 309 g/mol. The van der Waals surface area contributed by atoms with Gasteiger partial charge in [0.05, 0.1) is 6.04 Å². The van der Waals surface area contributed by atoms with Gasteiger partial charge in [0.25, 0.3) is 0 Å². The molecule has 0 spiro atoms. The minimum absolute atomic E-state index is 0.338. The van der Waals surface area contributed by atoms with Crippen LogP contribution in [-0.4, -0.2) is 4.98 Å². The van der Waals surface area contributed by atoms with E-state index in [1.807, 2.05) is 13.0 Å². The summed E-state index contributed by atoms with van der Waals surface area (Å²) in [5.74, 6) is 0.0397. The highest BCUT2D eigenvalue weighted by Gasteiger charge is 2.16. The fourth-order valence-electron chi connectivity index (χ4n) is 1.92. The van der Waals surface area contributed by atoms with Gasteiger partial charge in [-0.15, -0.1) is 0 Å². The molecule has 1 aromatic carbocycles. The average molecular weight is 310 g/mol. The maximum atomic E-state index is 13.4. The Morgan fingerprint density at radius 1 is 1.33 bits per heavy atom. The van der Waals surface area contributed by atoms with E-state index in [2.05, 4.69) is 20.9 Å². The lowest BCUT2D eigenvalue weighted by Gasteiger charge is -2.17. The summed E-state index contributed by atoms with van der Waals surface area (Å²) in [5.41, 5.74) is 14.3. The molecule has 1 atom stereocenters. The molecule has 1 heterocycles. The molecule has 4 N–H and O–H groups in total.